The van der Waals surface area contributed by atoms with Gasteiger partial charge in [0.15, 0.2) is 16.6 Å². The van der Waals surface area contributed by atoms with Crippen molar-refractivity contribution >= 4 is 99.2 Å². The summed E-state index contributed by atoms with van der Waals surface area (Å²) in [5.74, 6) is -3.55. The molecule has 3 aromatic carbocycles. The monoisotopic (exact) mass is 1500 g/mol. The van der Waals surface area contributed by atoms with E-state index in [-0.39, 0.29) is 130 Å². The number of carboxylic acids is 1. The van der Waals surface area contributed by atoms with Crippen LogP contribution in [-0.2, 0) is 64.1 Å². The Hall–Kier alpha value is -9.41. The predicted molar refractivity (Wildman–Crippen MR) is 399 cm³/mol. The Bertz CT molecular complexity index is 4290. The average Bonchev–Trinajstić information content (AvgIpc) is 0.848. The molecule has 4 aliphatic rings. The second kappa shape index (κ2) is 34.4. The van der Waals surface area contributed by atoms with Gasteiger partial charge in [-0.15, -0.1) is 0 Å². The minimum atomic E-state index is -4.24. The van der Waals surface area contributed by atoms with Gasteiger partial charge in [0.25, 0.3) is 17.7 Å². The summed E-state index contributed by atoms with van der Waals surface area (Å²) in [6.45, 7) is 14.5. The highest BCUT2D eigenvalue weighted by molar-refractivity contribution is 7.51. The fourth-order valence-electron chi connectivity index (χ4n) is 15.9. The van der Waals surface area contributed by atoms with Crippen molar-refractivity contribution in [3.05, 3.63) is 125 Å². The van der Waals surface area contributed by atoms with Crippen molar-refractivity contribution in [3.63, 3.8) is 0 Å². The molecule has 5 atom stereocenters. The van der Waals surface area contributed by atoms with Gasteiger partial charge in [-0.25, -0.2) is 24.4 Å². The molecular weight excluding hydrogens is 1400 g/mol. The predicted octanol–water partition coefficient (Wildman–Crippen LogP) is 10.6. The molecule has 568 valence electrons. The average molecular weight is 1500 g/mol. The molecule has 8 amide bonds. The van der Waals surface area contributed by atoms with E-state index in [9.17, 15) is 62.6 Å². The number of para-hydroxylation sites is 1. The normalized spacial score (nSPS) is 18.8. The lowest BCUT2D eigenvalue weighted by Gasteiger charge is -2.58. The molecule has 9 N–H and O–H groups in total. The first-order valence-electron chi connectivity index (χ1n) is 36.1. The smallest absolute Gasteiger partial charge is 0.409 e. The van der Waals surface area contributed by atoms with Gasteiger partial charge in [0.1, 0.15) is 18.2 Å². The number of carboxylic acid groups (broad SMARTS) is 1. The van der Waals surface area contributed by atoms with Crippen LogP contribution in [-0.4, -0.2) is 162 Å². The highest BCUT2D eigenvalue weighted by atomic mass is 32.1. The van der Waals surface area contributed by atoms with E-state index in [1.807, 2.05) is 40.8 Å². The van der Waals surface area contributed by atoms with E-state index < -0.39 is 55.1 Å². The molecule has 2 bridgehead atoms. The van der Waals surface area contributed by atoms with Crippen molar-refractivity contribution in [1.29, 1.82) is 0 Å². The van der Waals surface area contributed by atoms with Crippen LogP contribution in [0.3, 0.4) is 0 Å². The number of Topliss-reactive ketones (excluding diaryl/α,β-unsaturated/α-hetero) is 1. The number of nitrogens with one attached hydrogen (secondary N) is 4. The topological polar surface area (TPSA) is 387 Å². The van der Waals surface area contributed by atoms with Crippen LogP contribution in [0.25, 0.3) is 21.3 Å². The zero-order valence-corrected chi connectivity index (χ0v) is 62.9. The number of ether oxygens (including phenoxy) is 3. The summed E-state index contributed by atoms with van der Waals surface area (Å²) >= 11 is 1.34. The number of pyridine rings is 1. The molecule has 28 nitrogen and oxygen atoms in total. The SMILES string of the molecule is Cc1c(-c2ccc(N3CCc4c(OCCCP(=O)(O)O)ccc(C(=O)Nc5nc6ccccc6s5)c4C3)nc2C(=O)O)cnn1CC1CC2(C)CC(C)(C)CC(OCCN(C)C(=O)OCc3ccc(NC(=O)[C@H](CCCNC(N)=O)CC(=O)[C@@H](NC(=O)CCCCCN4C(=O)C=CC4=O)C(C)C)cc3)(C1)C2. The van der Waals surface area contributed by atoms with Gasteiger partial charge in [-0.2, -0.15) is 5.10 Å². The number of unbranched alkanes of at least 4 members (excludes halogenated alkanes) is 2. The number of carbonyl (C=O) groups is 9. The van der Waals surface area contributed by atoms with E-state index in [4.69, 9.17) is 30.0 Å². The summed E-state index contributed by atoms with van der Waals surface area (Å²) < 4.78 is 33.3. The maximum absolute atomic E-state index is 14.1. The van der Waals surface area contributed by atoms with Gasteiger partial charge in [-0.3, -0.25) is 48.2 Å². The lowest BCUT2D eigenvalue weighted by molar-refractivity contribution is -0.176. The fraction of sp³-hybridized carbons (Fsp3) is 0.500. The van der Waals surface area contributed by atoms with Gasteiger partial charge in [-0.05, 0) is 160 Å². The molecule has 3 unspecified atom stereocenters. The first kappa shape index (κ1) is 79.2. The Morgan fingerprint density at radius 3 is 2.32 bits per heavy atom. The number of ketones is 1. The maximum atomic E-state index is 14.1. The third-order valence-corrected chi connectivity index (χ3v) is 22.1. The van der Waals surface area contributed by atoms with E-state index in [0.29, 0.717) is 95.4 Å². The third-order valence-electron chi connectivity index (χ3n) is 20.2. The van der Waals surface area contributed by atoms with Crippen LogP contribution in [0.2, 0.25) is 0 Å². The zero-order chi connectivity index (χ0) is 76.3. The summed E-state index contributed by atoms with van der Waals surface area (Å²) in [4.78, 5) is 150. The largest absolute Gasteiger partial charge is 0.493 e. The number of hydrogen-bond donors (Lipinski definition) is 8. The molecule has 2 fully saturated rings. The molecule has 2 aliphatic heterocycles. The number of rotatable bonds is 35. The van der Waals surface area contributed by atoms with Gasteiger partial charge in [0.05, 0.1) is 47.4 Å². The van der Waals surface area contributed by atoms with E-state index in [2.05, 4.69) is 47.0 Å². The Labute approximate surface area is 620 Å². The molecule has 10 rings (SSSR count). The number of hydrogen-bond acceptors (Lipinski definition) is 18. The molecule has 2 aliphatic carbocycles. The minimum Gasteiger partial charge on any atom is -0.493 e. The number of imide groups is 1. The summed E-state index contributed by atoms with van der Waals surface area (Å²) in [5.41, 5.74) is 9.88. The van der Waals surface area contributed by atoms with Crippen molar-refractivity contribution in [3.8, 4) is 16.9 Å². The number of anilines is 3. The Balaban J connectivity index is 0.728. The molecular formula is C76H97N12O16PS. The highest BCUT2D eigenvalue weighted by Gasteiger charge is 2.55. The summed E-state index contributed by atoms with van der Waals surface area (Å²) in [5, 5.41) is 27.3. The number of nitrogens with two attached hydrogens (primary N) is 1. The van der Waals surface area contributed by atoms with Crippen LogP contribution in [0.15, 0.2) is 91.1 Å². The zero-order valence-electron chi connectivity index (χ0n) is 61.2. The van der Waals surface area contributed by atoms with E-state index in [1.165, 1.54) is 28.4 Å². The Morgan fingerprint density at radius 2 is 1.60 bits per heavy atom. The number of aromatic carboxylic acids is 1. The number of urea groups is 1. The maximum Gasteiger partial charge on any atom is 0.409 e. The molecule has 2 saturated carbocycles. The summed E-state index contributed by atoms with van der Waals surface area (Å²) in [6.07, 6.45) is 10.1. The van der Waals surface area contributed by atoms with Crippen LogP contribution < -0.4 is 36.6 Å². The molecule has 0 radical (unpaired) electrons. The number of amides is 8. The molecule has 30 heteroatoms. The van der Waals surface area contributed by atoms with Gasteiger partial charge >= 0.3 is 25.7 Å². The fourth-order valence-corrected chi connectivity index (χ4v) is 17.3. The highest BCUT2D eigenvalue weighted by Crippen LogP contribution is 2.60. The second-order valence-electron chi connectivity index (χ2n) is 30.0. The van der Waals surface area contributed by atoms with Crippen molar-refractivity contribution in [1.82, 2.24) is 40.2 Å². The molecule has 106 heavy (non-hydrogen) atoms. The Kier molecular flexibility index (Phi) is 25.7. The quantitative estimate of drug-likeness (QED) is 0.0104. The summed E-state index contributed by atoms with van der Waals surface area (Å²) in [7, 11) is -2.59. The standard InChI is InChI=1S/C76H97N12O16PS/c1-47(2)66(83-63(90)18-9-8-12-31-87-64(91)27-28-65(87)92)59(89)37-51(15-13-30-78-71(77)97)68(93)80-52-21-19-49(20-22-52)43-103-73(98)85(7)33-35-104-76-39-50(38-75(6,46-76)44-74(4,5)45-76)41-88-48(3)56(40-79-88)54-24-26-62(82-67(54)70(95)96)86-32-29-53-57(42-86)55(23-25-60(53)102-34-14-36-105(99,100)101)69(94)84-72-81-58-16-10-11-17-61(58)106-72/h10-11,16-17,19-28,40,47,50-51,66H,8-9,12-15,18,29-39,41-46H2,1-7H3,(H,80,93)(H,83,90)(H,95,96)(H3,77,78,97)(H,81,84,94)(H2,99,100,101)/t50?,51-,66+,75?,76?/m1/s1. The lowest BCUT2D eigenvalue weighted by atomic mass is 9.51. The number of aromatic nitrogens is 4. The first-order chi connectivity index (χ1) is 50.3. The van der Waals surface area contributed by atoms with Gasteiger partial charge in [0, 0.05) is 111 Å². The van der Waals surface area contributed by atoms with Gasteiger partial charge < -0.3 is 60.6 Å². The van der Waals surface area contributed by atoms with E-state index >= 15 is 0 Å². The van der Waals surface area contributed by atoms with Crippen LogP contribution in [0.1, 0.15) is 161 Å². The lowest BCUT2D eigenvalue weighted by Crippen LogP contribution is -2.54. The van der Waals surface area contributed by atoms with Crippen molar-refractivity contribution in [2.24, 2.45) is 34.3 Å². The third kappa shape index (κ3) is 20.8. The number of carbonyl (C=O) groups excluding carboxylic acids is 8. The molecule has 3 aromatic heterocycles. The molecule has 5 heterocycles. The Morgan fingerprint density at radius 1 is 0.849 bits per heavy atom. The van der Waals surface area contributed by atoms with Crippen molar-refractivity contribution < 1.29 is 76.8 Å². The van der Waals surface area contributed by atoms with E-state index in [0.717, 1.165) is 58.5 Å². The van der Waals surface area contributed by atoms with E-state index in [1.54, 1.807) is 75.6 Å². The van der Waals surface area contributed by atoms with Gasteiger partial charge in [-0.1, -0.05) is 76.6 Å². The second-order valence-corrected chi connectivity index (χ2v) is 32.8. The first-order valence-corrected chi connectivity index (χ1v) is 38.8. The molecule has 0 spiro atoms. The summed E-state index contributed by atoms with van der Waals surface area (Å²) in [6, 6.07) is 19.6. The van der Waals surface area contributed by atoms with Crippen molar-refractivity contribution in [2.45, 2.75) is 163 Å². The molecule has 6 aromatic rings. The number of thiazole rings is 1. The minimum absolute atomic E-state index is 0.0297. The molecule has 0 saturated heterocycles. The van der Waals surface area contributed by atoms with Crippen LogP contribution >= 0.6 is 18.9 Å². The van der Waals surface area contributed by atoms with Gasteiger partial charge in [0.2, 0.25) is 11.8 Å². The number of fused-ring (bicyclic) bond motifs is 4. The number of primary amides is 1. The number of nitrogens with zero attached hydrogens (tertiary/aromatic N) is 7. The number of likely N-dealkylation sites (N-methyl/N-ethyl adjacent to an activating group) is 1. The van der Waals surface area contributed by atoms with Crippen LogP contribution in [0.4, 0.5) is 26.2 Å². The van der Waals surface area contributed by atoms with Crippen LogP contribution in [0, 0.1) is 35.5 Å². The van der Waals surface area contributed by atoms with Crippen LogP contribution in [0.5, 0.6) is 5.75 Å². The number of benzene rings is 3. The van der Waals surface area contributed by atoms with Crippen molar-refractivity contribution in [2.75, 3.05) is 68.1 Å².